The standard InChI is InChI=1S/C27H21N3O9/c28-30-29-23-21(39-27(35)18-14-8-3-9-15-18)19(37-25(33)16-10-4-1-5-11-16)20(22(36-23)24(31)32)38-26(34)17-12-6-2-7-13-17/h1-15,19-23H,(H,31,32)/t19-,20-,21+,22-,23+/m0/s1. The van der Waals surface area contributed by atoms with Crippen molar-refractivity contribution in [3.05, 3.63) is 118 Å². The number of carboxylic acid groups (broad SMARTS) is 1. The number of ether oxygens (including phenoxy) is 4. The van der Waals surface area contributed by atoms with E-state index in [1.165, 1.54) is 36.4 Å². The molecule has 5 atom stereocenters. The van der Waals surface area contributed by atoms with Crippen molar-refractivity contribution in [2.45, 2.75) is 30.6 Å². The largest absolute Gasteiger partial charge is 0.479 e. The Kier molecular flexibility index (Phi) is 8.52. The average Bonchev–Trinajstić information content (AvgIpc) is 2.96. The van der Waals surface area contributed by atoms with E-state index in [1.807, 2.05) is 0 Å². The lowest BCUT2D eigenvalue weighted by Crippen LogP contribution is -2.62. The van der Waals surface area contributed by atoms with E-state index in [-0.39, 0.29) is 16.7 Å². The third kappa shape index (κ3) is 6.39. The second-order valence-corrected chi connectivity index (χ2v) is 8.20. The van der Waals surface area contributed by atoms with Gasteiger partial charge in [-0.2, -0.15) is 0 Å². The molecule has 3 aromatic carbocycles. The van der Waals surface area contributed by atoms with Crippen molar-refractivity contribution in [2.75, 3.05) is 0 Å². The van der Waals surface area contributed by atoms with Crippen LogP contribution in [0.15, 0.2) is 96.1 Å². The molecule has 1 aliphatic rings. The van der Waals surface area contributed by atoms with Crippen molar-refractivity contribution in [3.63, 3.8) is 0 Å². The minimum atomic E-state index is -1.95. The van der Waals surface area contributed by atoms with Gasteiger partial charge in [0.05, 0.1) is 16.7 Å². The molecule has 0 aliphatic carbocycles. The number of carbonyl (C=O) groups is 4. The molecule has 0 aromatic heterocycles. The third-order valence-electron chi connectivity index (χ3n) is 5.68. The van der Waals surface area contributed by atoms with Crippen LogP contribution in [0.5, 0.6) is 0 Å². The Labute approximate surface area is 221 Å². The summed E-state index contributed by atoms with van der Waals surface area (Å²) in [6.07, 6.45) is -8.94. The molecule has 1 fully saturated rings. The highest BCUT2D eigenvalue weighted by atomic mass is 16.7. The van der Waals surface area contributed by atoms with Crippen molar-refractivity contribution in [2.24, 2.45) is 5.11 Å². The number of rotatable bonds is 8. The predicted octanol–water partition coefficient (Wildman–Crippen LogP) is 3.78. The quantitative estimate of drug-likeness (QED) is 0.149. The van der Waals surface area contributed by atoms with Gasteiger partial charge in [0.15, 0.2) is 30.6 Å². The summed E-state index contributed by atoms with van der Waals surface area (Å²) in [7, 11) is 0. The Bertz CT molecular complexity index is 1310. The third-order valence-corrected chi connectivity index (χ3v) is 5.68. The summed E-state index contributed by atoms with van der Waals surface area (Å²) in [5, 5.41) is 13.3. The molecule has 0 spiro atoms. The maximum Gasteiger partial charge on any atom is 0.338 e. The summed E-state index contributed by atoms with van der Waals surface area (Å²) < 4.78 is 22.1. The first-order valence-corrected chi connectivity index (χ1v) is 11.6. The van der Waals surface area contributed by atoms with E-state index in [0.29, 0.717) is 0 Å². The SMILES string of the molecule is [N-]=[N+]=N[C@@H]1O[C@H](C(=O)O)[C@@H](OC(=O)c2ccccc2)[C@H](OC(=O)c2ccccc2)[C@H]1OC(=O)c1ccccc1. The summed E-state index contributed by atoms with van der Waals surface area (Å²) in [5.41, 5.74) is 9.37. The van der Waals surface area contributed by atoms with E-state index in [9.17, 15) is 24.3 Å². The van der Waals surface area contributed by atoms with Gasteiger partial charge in [0.25, 0.3) is 0 Å². The topological polar surface area (TPSA) is 174 Å². The summed E-state index contributed by atoms with van der Waals surface area (Å²) in [6.45, 7) is 0. The van der Waals surface area contributed by atoms with Crippen LogP contribution in [-0.4, -0.2) is 59.6 Å². The molecule has 12 heteroatoms. The number of nitrogens with zero attached hydrogens (tertiary/aromatic N) is 3. The molecule has 1 saturated heterocycles. The predicted molar refractivity (Wildman–Crippen MR) is 132 cm³/mol. The van der Waals surface area contributed by atoms with Crippen LogP contribution in [0.25, 0.3) is 10.4 Å². The fraction of sp³-hybridized carbons (Fsp3) is 0.185. The van der Waals surface area contributed by atoms with E-state index >= 15 is 0 Å². The molecule has 4 rings (SSSR count). The number of esters is 3. The van der Waals surface area contributed by atoms with Gasteiger partial charge in [-0.3, -0.25) is 0 Å². The second kappa shape index (κ2) is 12.4. The Morgan fingerprint density at radius 3 is 1.44 bits per heavy atom. The van der Waals surface area contributed by atoms with E-state index in [4.69, 9.17) is 24.5 Å². The van der Waals surface area contributed by atoms with Gasteiger partial charge in [0.2, 0.25) is 0 Å². The molecule has 0 amide bonds. The van der Waals surface area contributed by atoms with Gasteiger partial charge in [-0.25, -0.2) is 19.2 Å². The zero-order valence-electron chi connectivity index (χ0n) is 20.1. The second-order valence-electron chi connectivity index (χ2n) is 8.20. The highest BCUT2D eigenvalue weighted by Crippen LogP contribution is 2.31. The molecule has 12 nitrogen and oxygen atoms in total. The number of aliphatic carboxylic acids is 1. The Hall–Kier alpha value is -5.19. The lowest BCUT2D eigenvalue weighted by molar-refractivity contribution is -0.226. The maximum atomic E-state index is 13.1. The van der Waals surface area contributed by atoms with Crippen LogP contribution >= 0.6 is 0 Å². The van der Waals surface area contributed by atoms with Crippen LogP contribution in [0.2, 0.25) is 0 Å². The number of carboxylic acids is 1. The zero-order valence-corrected chi connectivity index (χ0v) is 20.1. The van der Waals surface area contributed by atoms with Crippen LogP contribution in [0.1, 0.15) is 31.1 Å². The van der Waals surface area contributed by atoms with E-state index in [0.717, 1.165) is 0 Å². The molecule has 1 aliphatic heterocycles. The number of carbonyl (C=O) groups excluding carboxylic acids is 3. The first kappa shape index (κ1) is 26.9. The fourth-order valence-corrected chi connectivity index (χ4v) is 3.85. The Balaban J connectivity index is 1.76. The van der Waals surface area contributed by atoms with Crippen molar-refractivity contribution >= 4 is 23.9 Å². The maximum absolute atomic E-state index is 13.1. The number of benzene rings is 3. The molecule has 1 N–H and O–H groups in total. The van der Waals surface area contributed by atoms with E-state index in [1.54, 1.807) is 54.6 Å². The van der Waals surface area contributed by atoms with Gasteiger partial charge in [-0.15, -0.1) is 0 Å². The average molecular weight is 531 g/mol. The van der Waals surface area contributed by atoms with Crippen LogP contribution in [-0.2, 0) is 23.7 Å². The smallest absolute Gasteiger partial charge is 0.338 e. The molecule has 0 unspecified atom stereocenters. The summed E-state index contributed by atoms with van der Waals surface area (Å²) >= 11 is 0. The number of azide groups is 1. The van der Waals surface area contributed by atoms with Gasteiger partial charge in [-0.1, -0.05) is 59.7 Å². The van der Waals surface area contributed by atoms with Crippen LogP contribution in [0.3, 0.4) is 0 Å². The molecule has 3 aromatic rings. The van der Waals surface area contributed by atoms with Gasteiger partial charge in [0, 0.05) is 4.91 Å². The van der Waals surface area contributed by atoms with Crippen LogP contribution in [0.4, 0.5) is 0 Å². The molecule has 0 bridgehead atoms. The molecule has 0 saturated carbocycles. The highest BCUT2D eigenvalue weighted by Gasteiger charge is 2.55. The molecular formula is C27H21N3O9. The summed E-state index contributed by atoms with van der Waals surface area (Å²) in [6, 6.07) is 23.1. The molecule has 1 heterocycles. The van der Waals surface area contributed by atoms with Crippen molar-refractivity contribution < 1.29 is 43.2 Å². The minimum absolute atomic E-state index is 0.0739. The molecule has 0 radical (unpaired) electrons. The van der Waals surface area contributed by atoms with Gasteiger partial charge < -0.3 is 24.1 Å². The zero-order chi connectivity index (χ0) is 27.8. The molecule has 198 valence electrons. The molecule has 39 heavy (non-hydrogen) atoms. The van der Waals surface area contributed by atoms with Crippen LogP contribution < -0.4 is 0 Å². The van der Waals surface area contributed by atoms with E-state index < -0.39 is 54.5 Å². The lowest BCUT2D eigenvalue weighted by atomic mass is 9.96. The van der Waals surface area contributed by atoms with Crippen molar-refractivity contribution in [1.82, 2.24) is 0 Å². The summed E-state index contributed by atoms with van der Waals surface area (Å²) in [5.74, 6) is -4.41. The van der Waals surface area contributed by atoms with Crippen LogP contribution in [0, 0.1) is 0 Å². The molecular weight excluding hydrogens is 510 g/mol. The number of hydrogen-bond donors (Lipinski definition) is 1. The Morgan fingerprint density at radius 1 is 0.667 bits per heavy atom. The van der Waals surface area contributed by atoms with Gasteiger partial charge in [0.1, 0.15) is 0 Å². The fourth-order valence-electron chi connectivity index (χ4n) is 3.85. The summed E-state index contributed by atoms with van der Waals surface area (Å²) in [4.78, 5) is 53.8. The highest BCUT2D eigenvalue weighted by molar-refractivity contribution is 5.91. The normalized spacial score (nSPS) is 22.0. The first-order chi connectivity index (χ1) is 18.9. The lowest BCUT2D eigenvalue weighted by Gasteiger charge is -2.42. The van der Waals surface area contributed by atoms with Gasteiger partial charge >= 0.3 is 23.9 Å². The van der Waals surface area contributed by atoms with Gasteiger partial charge in [-0.05, 0) is 41.9 Å². The number of hydrogen-bond acceptors (Lipinski definition) is 9. The van der Waals surface area contributed by atoms with Crippen molar-refractivity contribution in [1.29, 1.82) is 0 Å². The monoisotopic (exact) mass is 531 g/mol. The first-order valence-electron chi connectivity index (χ1n) is 11.6. The van der Waals surface area contributed by atoms with E-state index in [2.05, 4.69) is 10.0 Å². The minimum Gasteiger partial charge on any atom is -0.479 e. The Morgan fingerprint density at radius 2 is 1.05 bits per heavy atom. The van der Waals surface area contributed by atoms with Crippen molar-refractivity contribution in [3.8, 4) is 0 Å².